The smallest absolute Gasteiger partial charge is 0.203 e. The molecule has 0 radical (unpaired) electrons. The number of rotatable bonds is 7. The van der Waals surface area contributed by atoms with Crippen LogP contribution in [0.5, 0.6) is 11.5 Å². The molecule has 3 aromatic carbocycles. The number of Topliss-reactive ketones (excluding diaryl/α,β-unsaturated/α-hetero) is 1. The minimum atomic E-state index is -0.268. The van der Waals surface area contributed by atoms with Crippen LogP contribution < -0.4 is 4.74 Å². The van der Waals surface area contributed by atoms with E-state index < -0.39 is 0 Å². The Hall–Kier alpha value is -3.64. The van der Waals surface area contributed by atoms with Crippen LogP contribution in [0.1, 0.15) is 34.8 Å². The van der Waals surface area contributed by atoms with Gasteiger partial charge < -0.3 is 4.74 Å². The van der Waals surface area contributed by atoms with E-state index >= 15 is 0 Å². The molecule has 0 saturated heterocycles. The summed E-state index contributed by atoms with van der Waals surface area (Å²) in [5, 5.41) is 9.44. The van der Waals surface area contributed by atoms with E-state index in [1.807, 2.05) is 72.8 Å². The lowest BCUT2D eigenvalue weighted by Crippen LogP contribution is -2.02. The Balaban J connectivity index is 1.74. The van der Waals surface area contributed by atoms with E-state index in [-0.39, 0.29) is 11.4 Å². The van der Waals surface area contributed by atoms with Gasteiger partial charge >= 0.3 is 0 Å². The van der Waals surface area contributed by atoms with Crippen LogP contribution in [0.3, 0.4) is 0 Å². The third-order valence-electron chi connectivity index (χ3n) is 4.29. The number of hydrogen-bond donors (Lipinski definition) is 0. The van der Waals surface area contributed by atoms with Crippen molar-refractivity contribution in [2.24, 2.45) is 0 Å². The van der Waals surface area contributed by atoms with Gasteiger partial charge in [0, 0.05) is 5.56 Å². The summed E-state index contributed by atoms with van der Waals surface area (Å²) < 4.78 is 5.76. The quantitative estimate of drug-likeness (QED) is 0.283. The second-order valence-corrected chi connectivity index (χ2v) is 6.43. The molecular formula is C25H21NO2. The lowest BCUT2D eigenvalue weighted by molar-refractivity contribution is 0.104. The van der Waals surface area contributed by atoms with E-state index in [1.165, 1.54) is 5.56 Å². The number of benzene rings is 3. The molecule has 3 heteroatoms. The van der Waals surface area contributed by atoms with Crippen LogP contribution in [0.25, 0.3) is 6.08 Å². The molecule has 0 aliphatic rings. The summed E-state index contributed by atoms with van der Waals surface area (Å²) in [5.74, 6) is 1.18. The fourth-order valence-electron chi connectivity index (χ4n) is 2.84. The van der Waals surface area contributed by atoms with Gasteiger partial charge in [0.25, 0.3) is 0 Å². The van der Waals surface area contributed by atoms with Crippen LogP contribution in [-0.2, 0) is 6.42 Å². The van der Waals surface area contributed by atoms with Crippen LogP contribution in [0.15, 0.2) is 84.4 Å². The number of carbonyl (C=O) groups excluding carboxylic acids is 1. The number of nitriles is 1. The van der Waals surface area contributed by atoms with Crippen LogP contribution in [0, 0.1) is 11.3 Å². The van der Waals surface area contributed by atoms with Crippen molar-refractivity contribution in [1.82, 2.24) is 0 Å². The van der Waals surface area contributed by atoms with Crippen molar-refractivity contribution < 1.29 is 9.53 Å². The van der Waals surface area contributed by atoms with E-state index in [0.717, 1.165) is 24.2 Å². The van der Waals surface area contributed by atoms with Crippen LogP contribution in [0.4, 0.5) is 0 Å². The topological polar surface area (TPSA) is 50.1 Å². The van der Waals surface area contributed by atoms with Crippen molar-refractivity contribution in [1.29, 1.82) is 5.26 Å². The molecule has 3 rings (SSSR count). The molecule has 0 saturated carbocycles. The average molecular weight is 367 g/mol. The molecule has 3 aromatic rings. The molecule has 0 unspecified atom stereocenters. The largest absolute Gasteiger partial charge is 0.457 e. The van der Waals surface area contributed by atoms with Crippen LogP contribution in [-0.4, -0.2) is 5.78 Å². The monoisotopic (exact) mass is 367 g/mol. The first-order valence-corrected chi connectivity index (χ1v) is 9.28. The van der Waals surface area contributed by atoms with Crippen molar-refractivity contribution >= 4 is 11.9 Å². The number of ketones is 1. The summed E-state index contributed by atoms with van der Waals surface area (Å²) in [6.07, 6.45) is 3.64. The zero-order valence-corrected chi connectivity index (χ0v) is 15.8. The summed E-state index contributed by atoms with van der Waals surface area (Å²) in [4.78, 5) is 12.6. The van der Waals surface area contributed by atoms with Gasteiger partial charge in [-0.2, -0.15) is 5.26 Å². The first kappa shape index (κ1) is 19.1. The second kappa shape index (κ2) is 9.34. The van der Waals surface area contributed by atoms with E-state index in [2.05, 4.69) is 6.92 Å². The Morgan fingerprint density at radius 3 is 2.18 bits per heavy atom. The highest BCUT2D eigenvalue weighted by molar-refractivity contribution is 6.14. The van der Waals surface area contributed by atoms with Gasteiger partial charge in [-0.15, -0.1) is 0 Å². The lowest BCUT2D eigenvalue weighted by Gasteiger charge is -2.06. The SMILES string of the molecule is CCCc1ccc(C(=O)/C(C#N)=C/c2ccc(Oc3ccccc3)cc2)cc1. The number of nitrogens with zero attached hydrogens (tertiary/aromatic N) is 1. The molecule has 0 atom stereocenters. The molecule has 0 aliphatic carbocycles. The van der Waals surface area contributed by atoms with Gasteiger partial charge in [-0.05, 0) is 47.9 Å². The van der Waals surface area contributed by atoms with Crippen molar-refractivity contribution in [3.05, 3.63) is 101 Å². The molecule has 0 aromatic heterocycles. The van der Waals surface area contributed by atoms with E-state index in [0.29, 0.717) is 11.3 Å². The fourth-order valence-corrected chi connectivity index (χ4v) is 2.84. The summed E-state index contributed by atoms with van der Waals surface area (Å²) >= 11 is 0. The Morgan fingerprint density at radius 2 is 1.57 bits per heavy atom. The summed E-state index contributed by atoms with van der Waals surface area (Å²) in [7, 11) is 0. The molecule has 0 aliphatic heterocycles. The van der Waals surface area contributed by atoms with Crippen molar-refractivity contribution in [2.45, 2.75) is 19.8 Å². The summed E-state index contributed by atoms with van der Waals surface area (Å²) in [5.41, 5.74) is 2.60. The maximum Gasteiger partial charge on any atom is 0.203 e. The van der Waals surface area contributed by atoms with Crippen molar-refractivity contribution in [3.63, 3.8) is 0 Å². The normalized spacial score (nSPS) is 10.9. The molecule has 0 spiro atoms. The molecule has 138 valence electrons. The number of allylic oxidation sites excluding steroid dienone is 1. The van der Waals surface area contributed by atoms with Crippen molar-refractivity contribution in [2.75, 3.05) is 0 Å². The maximum atomic E-state index is 12.6. The lowest BCUT2D eigenvalue weighted by atomic mass is 10.00. The number of para-hydroxylation sites is 1. The number of hydrogen-bond acceptors (Lipinski definition) is 3. The van der Waals surface area contributed by atoms with Gasteiger partial charge in [0.05, 0.1) is 0 Å². The summed E-state index contributed by atoms with van der Waals surface area (Å²) in [6, 6.07) is 26.3. The van der Waals surface area contributed by atoms with Gasteiger partial charge in [-0.25, -0.2) is 0 Å². The molecular weight excluding hydrogens is 346 g/mol. The van der Waals surface area contributed by atoms with Crippen molar-refractivity contribution in [3.8, 4) is 17.6 Å². The average Bonchev–Trinajstić information content (AvgIpc) is 2.74. The highest BCUT2D eigenvalue weighted by Gasteiger charge is 2.12. The number of aryl methyl sites for hydroxylation is 1. The number of carbonyl (C=O) groups is 1. The first-order chi connectivity index (χ1) is 13.7. The number of ether oxygens (including phenoxy) is 1. The van der Waals surface area contributed by atoms with Gasteiger partial charge in [0.1, 0.15) is 23.1 Å². The summed E-state index contributed by atoms with van der Waals surface area (Å²) in [6.45, 7) is 2.12. The molecule has 0 heterocycles. The molecule has 0 bridgehead atoms. The fraction of sp³-hybridized carbons (Fsp3) is 0.120. The molecule has 28 heavy (non-hydrogen) atoms. The molecule has 0 fully saturated rings. The van der Waals surface area contributed by atoms with E-state index in [9.17, 15) is 10.1 Å². The molecule has 3 nitrogen and oxygen atoms in total. The Morgan fingerprint density at radius 1 is 0.929 bits per heavy atom. The third kappa shape index (κ3) is 4.96. The highest BCUT2D eigenvalue weighted by atomic mass is 16.5. The first-order valence-electron chi connectivity index (χ1n) is 9.28. The van der Waals surface area contributed by atoms with Crippen LogP contribution >= 0.6 is 0 Å². The molecule has 0 N–H and O–H groups in total. The Bertz CT molecular complexity index is 995. The Labute approximate surface area is 165 Å². The van der Waals surface area contributed by atoms with E-state index in [4.69, 9.17) is 4.74 Å². The third-order valence-corrected chi connectivity index (χ3v) is 4.29. The zero-order chi connectivity index (χ0) is 19.8. The maximum absolute atomic E-state index is 12.6. The molecule has 0 amide bonds. The van der Waals surface area contributed by atoms with E-state index in [1.54, 1.807) is 18.2 Å². The standard InChI is InChI=1S/C25H21NO2/c1-2-6-19-9-13-21(14-10-19)25(27)22(18-26)17-20-11-15-24(16-12-20)28-23-7-4-3-5-8-23/h3-5,7-17H,2,6H2,1H3/b22-17+. The predicted molar refractivity (Wildman–Crippen MR) is 111 cm³/mol. The predicted octanol–water partition coefficient (Wildman–Crippen LogP) is 6.22. The second-order valence-electron chi connectivity index (χ2n) is 6.43. The highest BCUT2D eigenvalue weighted by Crippen LogP contribution is 2.22. The van der Waals surface area contributed by atoms with Gasteiger partial charge in [-0.1, -0.05) is 67.9 Å². The minimum Gasteiger partial charge on any atom is -0.457 e. The minimum absolute atomic E-state index is 0.111. The Kier molecular flexibility index (Phi) is 6.38. The van der Waals surface area contributed by atoms with Gasteiger partial charge in [0.2, 0.25) is 5.78 Å². The van der Waals surface area contributed by atoms with Crippen LogP contribution in [0.2, 0.25) is 0 Å². The van der Waals surface area contributed by atoms with Gasteiger partial charge in [0.15, 0.2) is 0 Å². The van der Waals surface area contributed by atoms with Gasteiger partial charge in [-0.3, -0.25) is 4.79 Å². The zero-order valence-electron chi connectivity index (χ0n) is 15.8.